The second-order valence-electron chi connectivity index (χ2n) is 3.32. The van der Waals surface area contributed by atoms with Crippen molar-refractivity contribution in [2.24, 2.45) is 0 Å². The number of nitrogens with zero attached hydrogens (tertiary/aromatic N) is 2. The molecule has 1 aromatic carbocycles. The molecular weight excluding hydrogens is 224 g/mol. The van der Waals surface area contributed by atoms with Crippen LogP contribution in [0.2, 0.25) is 0 Å². The fourth-order valence-electron chi connectivity index (χ4n) is 1.26. The van der Waals surface area contributed by atoms with E-state index in [0.717, 1.165) is 0 Å². The number of benzene rings is 1. The Bertz CT molecular complexity index is 479. The molecule has 17 heavy (non-hydrogen) atoms. The second kappa shape index (κ2) is 5.61. The summed E-state index contributed by atoms with van der Waals surface area (Å²) in [6, 6.07) is 7.66. The van der Waals surface area contributed by atoms with Crippen LogP contribution in [0.5, 0.6) is 0 Å². The molecule has 0 N–H and O–H groups in total. The molecule has 0 aliphatic rings. The zero-order valence-corrected chi connectivity index (χ0v) is 9.12. The quantitative estimate of drug-likeness (QED) is 0.448. The minimum absolute atomic E-state index is 0.130. The second-order valence-corrected chi connectivity index (χ2v) is 3.32. The topological polar surface area (TPSA) is 93.2 Å². The first kappa shape index (κ1) is 12.6. The molecule has 0 fully saturated rings. The first-order valence-electron chi connectivity index (χ1n) is 4.86. The third-order valence-electron chi connectivity index (χ3n) is 2.01. The Morgan fingerprint density at radius 3 is 2.82 bits per heavy atom. The highest BCUT2D eigenvalue weighted by molar-refractivity contribution is 5.74. The van der Waals surface area contributed by atoms with Crippen molar-refractivity contribution in [3.05, 3.63) is 39.9 Å². The highest BCUT2D eigenvalue weighted by atomic mass is 16.6. The van der Waals surface area contributed by atoms with Crippen LogP contribution in [0.3, 0.4) is 0 Å². The molecule has 0 saturated carbocycles. The first-order chi connectivity index (χ1) is 8.04. The predicted octanol–water partition coefficient (Wildman–Crippen LogP) is 1.59. The van der Waals surface area contributed by atoms with Crippen LogP contribution < -0.4 is 0 Å². The number of nitro benzene ring substituents is 1. The molecule has 0 aromatic heterocycles. The molecule has 1 atom stereocenters. The van der Waals surface area contributed by atoms with E-state index in [0.29, 0.717) is 0 Å². The number of para-hydroxylation sites is 1. The van der Waals surface area contributed by atoms with E-state index >= 15 is 0 Å². The molecule has 0 spiro atoms. The lowest BCUT2D eigenvalue weighted by Crippen LogP contribution is -2.15. The van der Waals surface area contributed by atoms with Crippen molar-refractivity contribution in [1.29, 1.82) is 5.26 Å². The normalized spacial score (nSPS) is 11.3. The average Bonchev–Trinajstić information content (AvgIpc) is 2.29. The third kappa shape index (κ3) is 3.57. The molecule has 0 aliphatic heterocycles. The number of ether oxygens (including phenoxy) is 1. The number of hydrogen-bond acceptors (Lipinski definition) is 5. The van der Waals surface area contributed by atoms with Gasteiger partial charge >= 0.3 is 5.97 Å². The van der Waals surface area contributed by atoms with Crippen LogP contribution >= 0.6 is 0 Å². The standard InChI is InChI=1S/C11H10N2O4/c1-8(7-12)17-11(14)6-9-4-2-3-5-10(9)13(15)16/h2-5,8H,6H2,1H3/t8-/m1/s1. The molecule has 0 radical (unpaired) electrons. The summed E-state index contributed by atoms with van der Waals surface area (Å²) in [5.41, 5.74) is 0.140. The van der Waals surface area contributed by atoms with Gasteiger partial charge in [0.25, 0.3) is 5.69 Å². The lowest BCUT2D eigenvalue weighted by atomic mass is 10.1. The van der Waals surface area contributed by atoms with Crippen LogP contribution in [-0.2, 0) is 16.0 Å². The Morgan fingerprint density at radius 2 is 2.24 bits per heavy atom. The van der Waals surface area contributed by atoms with Gasteiger partial charge in [-0.15, -0.1) is 0 Å². The average molecular weight is 234 g/mol. The molecule has 1 aromatic rings. The number of nitriles is 1. The van der Waals surface area contributed by atoms with E-state index < -0.39 is 17.0 Å². The Balaban J connectivity index is 2.79. The zero-order valence-electron chi connectivity index (χ0n) is 9.12. The lowest BCUT2D eigenvalue weighted by molar-refractivity contribution is -0.385. The number of carbonyl (C=O) groups excluding carboxylic acids is 1. The van der Waals surface area contributed by atoms with Crippen molar-refractivity contribution < 1.29 is 14.5 Å². The SMILES string of the molecule is C[C@H](C#N)OC(=O)Cc1ccccc1[N+](=O)[O-]. The monoisotopic (exact) mass is 234 g/mol. The van der Waals surface area contributed by atoms with Gasteiger partial charge in [-0.1, -0.05) is 18.2 Å². The number of carbonyl (C=O) groups is 1. The fraction of sp³-hybridized carbons (Fsp3) is 0.273. The van der Waals surface area contributed by atoms with Gasteiger partial charge in [-0.3, -0.25) is 14.9 Å². The predicted molar refractivity (Wildman–Crippen MR) is 58.0 cm³/mol. The van der Waals surface area contributed by atoms with Crippen LogP contribution in [-0.4, -0.2) is 17.0 Å². The van der Waals surface area contributed by atoms with Crippen LogP contribution in [0, 0.1) is 21.4 Å². The molecule has 0 bridgehead atoms. The van der Waals surface area contributed by atoms with E-state index in [-0.39, 0.29) is 17.7 Å². The summed E-state index contributed by atoms with van der Waals surface area (Å²) in [4.78, 5) is 21.5. The van der Waals surface area contributed by atoms with Gasteiger partial charge in [-0.05, 0) is 6.92 Å². The van der Waals surface area contributed by atoms with E-state index in [1.165, 1.54) is 25.1 Å². The maximum absolute atomic E-state index is 11.4. The smallest absolute Gasteiger partial charge is 0.311 e. The molecular formula is C11H10N2O4. The molecule has 0 amide bonds. The molecule has 6 heteroatoms. The summed E-state index contributed by atoms with van der Waals surface area (Å²) < 4.78 is 4.72. The Morgan fingerprint density at radius 1 is 1.59 bits per heavy atom. The molecule has 0 saturated heterocycles. The Kier molecular flexibility index (Phi) is 4.17. The number of nitro groups is 1. The Hall–Kier alpha value is -2.42. The first-order valence-corrected chi connectivity index (χ1v) is 4.86. The van der Waals surface area contributed by atoms with Gasteiger partial charge in [-0.2, -0.15) is 5.26 Å². The number of rotatable bonds is 4. The summed E-state index contributed by atoms with van der Waals surface area (Å²) in [6.45, 7) is 1.43. The Labute approximate surface area is 97.6 Å². The van der Waals surface area contributed by atoms with Crippen LogP contribution in [0.25, 0.3) is 0 Å². The van der Waals surface area contributed by atoms with Crippen molar-refractivity contribution in [3.63, 3.8) is 0 Å². The van der Waals surface area contributed by atoms with Crippen molar-refractivity contribution in [1.82, 2.24) is 0 Å². The maximum atomic E-state index is 11.4. The van der Waals surface area contributed by atoms with E-state index in [1.807, 2.05) is 0 Å². The van der Waals surface area contributed by atoms with Crippen LogP contribution in [0.1, 0.15) is 12.5 Å². The minimum atomic E-state index is -0.856. The van der Waals surface area contributed by atoms with Gasteiger partial charge in [-0.25, -0.2) is 0 Å². The molecule has 88 valence electrons. The summed E-state index contributed by atoms with van der Waals surface area (Å²) in [5.74, 6) is -0.659. The van der Waals surface area contributed by atoms with Crippen molar-refractivity contribution >= 4 is 11.7 Å². The van der Waals surface area contributed by atoms with Gasteiger partial charge in [0, 0.05) is 11.6 Å². The van der Waals surface area contributed by atoms with Gasteiger partial charge in [0.2, 0.25) is 0 Å². The highest BCUT2D eigenvalue weighted by Gasteiger charge is 2.17. The third-order valence-corrected chi connectivity index (χ3v) is 2.01. The van der Waals surface area contributed by atoms with E-state index in [9.17, 15) is 14.9 Å². The van der Waals surface area contributed by atoms with Gasteiger partial charge in [0.1, 0.15) is 6.07 Å². The van der Waals surface area contributed by atoms with Gasteiger partial charge in [0.05, 0.1) is 11.3 Å². The zero-order chi connectivity index (χ0) is 12.8. The van der Waals surface area contributed by atoms with Gasteiger partial charge < -0.3 is 4.74 Å². The van der Waals surface area contributed by atoms with Crippen molar-refractivity contribution in [2.45, 2.75) is 19.4 Å². The number of hydrogen-bond donors (Lipinski definition) is 0. The highest BCUT2D eigenvalue weighted by Crippen LogP contribution is 2.18. The molecule has 0 heterocycles. The van der Waals surface area contributed by atoms with Crippen LogP contribution in [0.15, 0.2) is 24.3 Å². The molecule has 1 rings (SSSR count). The largest absolute Gasteiger partial charge is 0.447 e. The van der Waals surface area contributed by atoms with E-state index in [4.69, 9.17) is 10.00 Å². The minimum Gasteiger partial charge on any atom is -0.447 e. The van der Waals surface area contributed by atoms with E-state index in [2.05, 4.69) is 0 Å². The summed E-state index contributed by atoms with van der Waals surface area (Å²) in [7, 11) is 0. The summed E-state index contributed by atoms with van der Waals surface area (Å²) in [6.07, 6.45) is -1.08. The summed E-state index contributed by atoms with van der Waals surface area (Å²) >= 11 is 0. The van der Waals surface area contributed by atoms with Crippen molar-refractivity contribution in [3.8, 4) is 6.07 Å². The summed E-state index contributed by atoms with van der Waals surface area (Å²) in [5, 5.41) is 19.1. The van der Waals surface area contributed by atoms with Crippen LogP contribution in [0.4, 0.5) is 5.69 Å². The molecule has 6 nitrogen and oxygen atoms in total. The van der Waals surface area contributed by atoms with Gasteiger partial charge in [0.15, 0.2) is 6.10 Å². The lowest BCUT2D eigenvalue weighted by Gasteiger charge is -2.06. The molecule has 0 aliphatic carbocycles. The maximum Gasteiger partial charge on any atom is 0.311 e. The fourth-order valence-corrected chi connectivity index (χ4v) is 1.26. The van der Waals surface area contributed by atoms with E-state index in [1.54, 1.807) is 12.1 Å². The number of esters is 1. The molecule has 0 unspecified atom stereocenters. The van der Waals surface area contributed by atoms with Crippen molar-refractivity contribution in [2.75, 3.05) is 0 Å².